The molecule has 0 unspecified atom stereocenters. The van der Waals surface area contributed by atoms with Crippen molar-refractivity contribution in [3.63, 3.8) is 0 Å². The Labute approximate surface area is 71.9 Å². The second-order valence-electron chi connectivity index (χ2n) is 2.29. The maximum atomic E-state index is 10.6. The number of rotatable bonds is 5. The Morgan fingerprint density at radius 2 is 1.83 bits per heavy atom. The van der Waals surface area contributed by atoms with Crippen LogP contribution in [0.5, 0.6) is 0 Å². The third-order valence-electron chi connectivity index (χ3n) is 1.36. The van der Waals surface area contributed by atoms with Gasteiger partial charge in [-0.25, -0.2) is 4.79 Å². The van der Waals surface area contributed by atoms with Crippen LogP contribution in [0.4, 0.5) is 0 Å². The molecule has 0 aromatic heterocycles. The number of nitrogens with two attached hydrogens (primary N) is 1. The first kappa shape index (κ1) is 10.5. The number of allylic oxidation sites excluding steroid dienone is 2. The SMILES string of the molecule is C=CCC(N)=C(CC=C)C(=O)O. The van der Waals surface area contributed by atoms with Gasteiger partial charge in [-0.05, 0) is 6.42 Å². The Morgan fingerprint density at radius 1 is 1.33 bits per heavy atom. The van der Waals surface area contributed by atoms with Gasteiger partial charge in [0.1, 0.15) is 0 Å². The Hall–Kier alpha value is -1.51. The molecule has 66 valence electrons. The van der Waals surface area contributed by atoms with E-state index in [-0.39, 0.29) is 12.0 Å². The van der Waals surface area contributed by atoms with E-state index in [0.717, 1.165) is 0 Å². The predicted octanol–water partition coefficient (Wildman–Crippen LogP) is 1.44. The lowest BCUT2D eigenvalue weighted by molar-refractivity contribution is -0.132. The molecule has 3 heteroatoms. The predicted molar refractivity (Wildman–Crippen MR) is 48.5 cm³/mol. The van der Waals surface area contributed by atoms with Crippen molar-refractivity contribution in [3.05, 3.63) is 36.6 Å². The topological polar surface area (TPSA) is 63.3 Å². The normalized spacial score (nSPS) is 11.7. The summed E-state index contributed by atoms with van der Waals surface area (Å²) in [5, 5.41) is 8.68. The Morgan fingerprint density at radius 3 is 2.17 bits per heavy atom. The molecule has 0 aromatic rings. The fraction of sp³-hybridized carbons (Fsp3) is 0.222. The van der Waals surface area contributed by atoms with E-state index in [1.165, 1.54) is 6.08 Å². The molecule has 12 heavy (non-hydrogen) atoms. The van der Waals surface area contributed by atoms with E-state index in [1.54, 1.807) is 6.08 Å². The highest BCUT2D eigenvalue weighted by atomic mass is 16.4. The standard InChI is InChI=1S/C9H13NO2/c1-3-5-7(9(11)12)8(10)6-4-2/h3-4H,1-2,5-6,10H2,(H,11,12). The van der Waals surface area contributed by atoms with Crippen molar-refractivity contribution in [2.75, 3.05) is 0 Å². The van der Waals surface area contributed by atoms with Crippen molar-refractivity contribution in [3.8, 4) is 0 Å². The molecule has 0 aromatic carbocycles. The van der Waals surface area contributed by atoms with Crippen LogP contribution in [0, 0.1) is 0 Å². The van der Waals surface area contributed by atoms with Crippen LogP contribution in [0.2, 0.25) is 0 Å². The van der Waals surface area contributed by atoms with Gasteiger partial charge in [-0.3, -0.25) is 0 Å². The third kappa shape index (κ3) is 3.05. The number of carboxylic acid groups (broad SMARTS) is 1. The fourth-order valence-electron chi connectivity index (χ4n) is 0.779. The fourth-order valence-corrected chi connectivity index (χ4v) is 0.779. The van der Waals surface area contributed by atoms with Gasteiger partial charge in [0.05, 0.1) is 5.57 Å². The maximum Gasteiger partial charge on any atom is 0.333 e. The van der Waals surface area contributed by atoms with Crippen LogP contribution in [-0.2, 0) is 4.79 Å². The van der Waals surface area contributed by atoms with Crippen molar-refractivity contribution < 1.29 is 9.90 Å². The lowest BCUT2D eigenvalue weighted by Crippen LogP contribution is -2.09. The summed E-state index contributed by atoms with van der Waals surface area (Å²) in [7, 11) is 0. The number of hydrogen-bond donors (Lipinski definition) is 2. The zero-order chi connectivity index (χ0) is 9.56. The largest absolute Gasteiger partial charge is 0.478 e. The summed E-state index contributed by atoms with van der Waals surface area (Å²) in [5.74, 6) is -0.991. The molecular weight excluding hydrogens is 154 g/mol. The minimum Gasteiger partial charge on any atom is -0.478 e. The number of carbonyl (C=O) groups is 1. The van der Waals surface area contributed by atoms with E-state index >= 15 is 0 Å². The van der Waals surface area contributed by atoms with Crippen molar-refractivity contribution in [1.29, 1.82) is 0 Å². The van der Waals surface area contributed by atoms with Crippen LogP contribution in [0.25, 0.3) is 0 Å². The number of aliphatic carboxylic acids is 1. The van der Waals surface area contributed by atoms with E-state index < -0.39 is 5.97 Å². The first-order chi connectivity index (χ1) is 5.63. The van der Waals surface area contributed by atoms with Gasteiger partial charge in [-0.2, -0.15) is 0 Å². The second-order valence-corrected chi connectivity index (χ2v) is 2.29. The van der Waals surface area contributed by atoms with Crippen LogP contribution >= 0.6 is 0 Å². The molecule has 0 aliphatic rings. The van der Waals surface area contributed by atoms with Crippen LogP contribution in [0.3, 0.4) is 0 Å². The first-order valence-corrected chi connectivity index (χ1v) is 3.56. The summed E-state index contributed by atoms with van der Waals surface area (Å²) in [6, 6.07) is 0. The molecule has 0 aliphatic carbocycles. The van der Waals surface area contributed by atoms with Crippen molar-refractivity contribution in [2.45, 2.75) is 12.8 Å². The zero-order valence-electron chi connectivity index (χ0n) is 6.92. The second kappa shape index (κ2) is 5.18. The summed E-state index contributed by atoms with van der Waals surface area (Å²) in [6.45, 7) is 6.92. The summed E-state index contributed by atoms with van der Waals surface area (Å²) in [6.07, 6.45) is 3.77. The Kier molecular flexibility index (Phi) is 4.53. The summed E-state index contributed by atoms with van der Waals surface area (Å²) < 4.78 is 0. The highest BCUT2D eigenvalue weighted by Gasteiger charge is 2.08. The van der Waals surface area contributed by atoms with E-state index in [1.807, 2.05) is 0 Å². The maximum absolute atomic E-state index is 10.6. The molecule has 0 rings (SSSR count). The highest BCUT2D eigenvalue weighted by molar-refractivity contribution is 5.87. The van der Waals surface area contributed by atoms with Crippen LogP contribution < -0.4 is 5.73 Å². The van der Waals surface area contributed by atoms with E-state index in [2.05, 4.69) is 13.2 Å². The van der Waals surface area contributed by atoms with E-state index in [4.69, 9.17) is 10.8 Å². The molecule has 0 radical (unpaired) electrons. The van der Waals surface area contributed by atoms with Gasteiger partial charge < -0.3 is 10.8 Å². The summed E-state index contributed by atoms with van der Waals surface area (Å²) >= 11 is 0. The van der Waals surface area contributed by atoms with Crippen molar-refractivity contribution in [2.24, 2.45) is 5.73 Å². The molecular formula is C9H13NO2. The molecule has 0 heterocycles. The van der Waals surface area contributed by atoms with Gasteiger partial charge in [0.2, 0.25) is 0 Å². The summed E-state index contributed by atoms with van der Waals surface area (Å²) in [4.78, 5) is 10.6. The molecule has 3 N–H and O–H groups in total. The van der Waals surface area contributed by atoms with Crippen LogP contribution in [0.1, 0.15) is 12.8 Å². The molecule has 0 spiro atoms. The van der Waals surface area contributed by atoms with Gasteiger partial charge in [0.15, 0.2) is 0 Å². The Bertz CT molecular complexity index is 229. The van der Waals surface area contributed by atoms with Gasteiger partial charge in [-0.1, -0.05) is 12.2 Å². The smallest absolute Gasteiger partial charge is 0.333 e. The molecule has 0 bridgehead atoms. The number of carboxylic acids is 1. The average molecular weight is 167 g/mol. The van der Waals surface area contributed by atoms with Crippen molar-refractivity contribution in [1.82, 2.24) is 0 Å². The van der Waals surface area contributed by atoms with Gasteiger partial charge >= 0.3 is 5.97 Å². The van der Waals surface area contributed by atoms with Crippen molar-refractivity contribution >= 4 is 5.97 Å². The first-order valence-electron chi connectivity index (χ1n) is 3.56. The third-order valence-corrected chi connectivity index (χ3v) is 1.36. The molecule has 0 aliphatic heterocycles. The molecule has 3 nitrogen and oxygen atoms in total. The van der Waals surface area contributed by atoms with Gasteiger partial charge in [-0.15, -0.1) is 13.2 Å². The summed E-state index contributed by atoms with van der Waals surface area (Å²) in [5.41, 5.74) is 6.04. The molecule has 0 atom stereocenters. The molecule has 0 saturated carbocycles. The van der Waals surface area contributed by atoms with Crippen LogP contribution in [-0.4, -0.2) is 11.1 Å². The quantitative estimate of drug-likeness (QED) is 0.481. The van der Waals surface area contributed by atoms with E-state index in [9.17, 15) is 4.79 Å². The monoisotopic (exact) mass is 167 g/mol. The van der Waals surface area contributed by atoms with Crippen LogP contribution in [0.15, 0.2) is 36.6 Å². The highest BCUT2D eigenvalue weighted by Crippen LogP contribution is 2.08. The molecule has 0 fully saturated rings. The van der Waals surface area contributed by atoms with E-state index in [0.29, 0.717) is 12.1 Å². The molecule has 0 amide bonds. The lowest BCUT2D eigenvalue weighted by atomic mass is 10.1. The van der Waals surface area contributed by atoms with Gasteiger partial charge in [0, 0.05) is 12.1 Å². The molecule has 0 saturated heterocycles. The Balaban J connectivity index is 4.64. The minimum absolute atomic E-state index is 0.199. The lowest BCUT2D eigenvalue weighted by Gasteiger charge is -2.02. The average Bonchev–Trinajstić information content (AvgIpc) is 1.99. The van der Waals surface area contributed by atoms with Gasteiger partial charge in [0.25, 0.3) is 0 Å². The number of hydrogen-bond acceptors (Lipinski definition) is 2. The minimum atomic E-state index is -0.991. The zero-order valence-corrected chi connectivity index (χ0v) is 6.92.